The summed E-state index contributed by atoms with van der Waals surface area (Å²) in [5.74, 6) is -0.767. The summed E-state index contributed by atoms with van der Waals surface area (Å²) in [4.78, 5) is 11.6. The molecule has 0 atom stereocenters. The first-order valence-corrected chi connectivity index (χ1v) is 7.47. The Morgan fingerprint density at radius 2 is 2.16 bits per heavy atom. The third-order valence-electron chi connectivity index (χ3n) is 2.33. The molecule has 0 aliphatic rings. The van der Waals surface area contributed by atoms with E-state index in [4.69, 9.17) is 0 Å². The van der Waals surface area contributed by atoms with E-state index in [1.807, 2.05) is 0 Å². The molecule has 0 saturated heterocycles. The van der Waals surface area contributed by atoms with Crippen molar-refractivity contribution in [2.45, 2.75) is 5.07 Å². The maximum absolute atomic E-state index is 12.6. The number of nitrogens with zero attached hydrogens (tertiary/aromatic N) is 1. The van der Waals surface area contributed by atoms with Gasteiger partial charge in [-0.05, 0) is 0 Å². The van der Waals surface area contributed by atoms with Gasteiger partial charge in [0, 0.05) is 0 Å². The number of methoxy groups -OCH3 is 1. The molecule has 19 heavy (non-hydrogen) atoms. The summed E-state index contributed by atoms with van der Waals surface area (Å²) in [6, 6.07) is 4.70. The molecule has 0 aliphatic carbocycles. The van der Waals surface area contributed by atoms with Crippen LogP contribution in [0.15, 0.2) is 28.9 Å². The van der Waals surface area contributed by atoms with Crippen LogP contribution < -0.4 is 4.59 Å². The van der Waals surface area contributed by atoms with Gasteiger partial charge in [-0.1, -0.05) is 0 Å². The van der Waals surface area contributed by atoms with Crippen LogP contribution in [0.4, 0.5) is 13.2 Å². The minimum absolute atomic E-state index is 0.0493. The van der Waals surface area contributed by atoms with E-state index in [2.05, 4.69) is 20.7 Å². The Morgan fingerprint density at radius 1 is 1.47 bits per heavy atom. The number of carbonyl (C=O) groups is 1. The first-order valence-electron chi connectivity index (χ1n) is 4.97. The number of alkyl halides is 3. The van der Waals surface area contributed by atoms with E-state index < -0.39 is 26.0 Å². The van der Waals surface area contributed by atoms with E-state index in [0.717, 1.165) is 7.11 Å². The summed E-state index contributed by atoms with van der Waals surface area (Å²) in [6.45, 7) is 0. The second kappa shape index (κ2) is 5.19. The Balaban J connectivity index is 2.69. The number of hydrogen-bond donors (Lipinski definition) is 0. The number of rotatable bonds is 2. The van der Waals surface area contributed by atoms with Gasteiger partial charge >= 0.3 is 121 Å². The van der Waals surface area contributed by atoms with Crippen molar-refractivity contribution in [1.82, 2.24) is 4.40 Å². The number of ether oxygens (including phenoxy) is 1. The summed E-state index contributed by atoms with van der Waals surface area (Å²) >= 11 is 1.42. The Labute approximate surface area is 121 Å². The molecule has 0 amide bonds. The Kier molecular flexibility index (Phi) is 3.94. The fraction of sp³-hybridized carbons (Fsp3) is 0.182. The van der Waals surface area contributed by atoms with Gasteiger partial charge in [-0.3, -0.25) is 0 Å². The first kappa shape index (κ1) is 14.4. The van der Waals surface area contributed by atoms with Gasteiger partial charge < -0.3 is 0 Å². The van der Waals surface area contributed by atoms with Crippen molar-refractivity contribution < 1.29 is 22.7 Å². The predicted molar refractivity (Wildman–Crippen MR) is 67.9 cm³/mol. The van der Waals surface area contributed by atoms with Crippen LogP contribution in [0.25, 0.3) is 5.52 Å². The molecule has 0 aliphatic heterocycles. The second-order valence-corrected chi connectivity index (χ2v) is 6.58. The topological polar surface area (TPSA) is 30.7 Å². The molecule has 2 heterocycles. The van der Waals surface area contributed by atoms with Crippen molar-refractivity contribution in [3.8, 4) is 0 Å². The number of pyridine rings is 1. The van der Waals surface area contributed by atoms with Crippen molar-refractivity contribution in [3.05, 3.63) is 34.4 Å². The van der Waals surface area contributed by atoms with Gasteiger partial charge in [-0.2, -0.15) is 0 Å². The zero-order chi connectivity index (χ0) is 14.2. The third kappa shape index (κ3) is 2.96. The van der Waals surface area contributed by atoms with Gasteiger partial charge in [0.15, 0.2) is 0 Å². The Bertz CT molecular complexity index is 639. The van der Waals surface area contributed by atoms with E-state index >= 15 is 0 Å². The van der Waals surface area contributed by atoms with Crippen molar-refractivity contribution in [2.24, 2.45) is 0 Å². The molecule has 0 N–H and O–H groups in total. The molecule has 0 spiro atoms. The van der Waals surface area contributed by atoms with Crippen LogP contribution in [-0.2, 0) is 4.74 Å². The van der Waals surface area contributed by atoms with Crippen molar-refractivity contribution in [1.29, 1.82) is 0 Å². The summed E-state index contributed by atoms with van der Waals surface area (Å²) in [7, 11) is 1.14. The van der Waals surface area contributed by atoms with Crippen molar-refractivity contribution >= 4 is 47.0 Å². The molecule has 0 aromatic carbocycles. The predicted octanol–water partition coefficient (Wildman–Crippen LogP) is 2.34. The van der Waals surface area contributed by atoms with E-state index in [-0.39, 0.29) is 10.2 Å². The van der Waals surface area contributed by atoms with Crippen LogP contribution in [0.5, 0.6) is 0 Å². The number of halogens is 4. The summed E-state index contributed by atoms with van der Waals surface area (Å²) in [6.07, 6.45) is 1.50. The molecule has 102 valence electrons. The number of aromatic nitrogens is 1. The molecule has 2 aromatic heterocycles. The van der Waals surface area contributed by atoms with E-state index in [1.165, 1.54) is 16.7 Å². The molecule has 0 fully saturated rings. The minimum atomic E-state index is -4.34. The average molecular weight is 401 g/mol. The van der Waals surface area contributed by atoms with Gasteiger partial charge in [0.25, 0.3) is 0 Å². The molecule has 0 saturated carbocycles. The number of esters is 1. The second-order valence-electron chi connectivity index (χ2n) is 3.51. The Morgan fingerprint density at radius 3 is 2.74 bits per heavy atom. The van der Waals surface area contributed by atoms with Gasteiger partial charge in [0.05, 0.1) is 0 Å². The maximum atomic E-state index is 12.6. The van der Waals surface area contributed by atoms with Crippen LogP contribution in [0.1, 0.15) is 10.4 Å². The zero-order valence-electron chi connectivity index (χ0n) is 9.49. The summed E-state index contributed by atoms with van der Waals surface area (Å²) in [5, 5.41) is -4.34. The molecule has 0 bridgehead atoms. The monoisotopic (exact) mass is 401 g/mol. The van der Waals surface area contributed by atoms with Crippen LogP contribution in [0.2, 0.25) is 0 Å². The van der Waals surface area contributed by atoms with Gasteiger partial charge in [0.1, 0.15) is 0 Å². The average Bonchev–Trinajstić information content (AvgIpc) is 2.67. The molecular weight excluding hydrogens is 394 g/mol. The standard InChI is InChI=1S/C11H7BrF3NO2Se/c1-18-10(17)6-5-8-7(12)3-2-4-16(8)9(6)19-11(13,14)15/h2-5H,1H3. The number of carbonyl (C=O) groups excluding carboxylic acids is 1. The molecule has 2 rings (SSSR count). The first-order chi connectivity index (χ1) is 8.83. The molecule has 0 unspecified atom stereocenters. The van der Waals surface area contributed by atoms with Crippen LogP contribution in [0, 0.1) is 0 Å². The van der Waals surface area contributed by atoms with E-state index in [1.54, 1.807) is 12.1 Å². The fourth-order valence-corrected chi connectivity index (χ4v) is 3.60. The number of fused-ring (bicyclic) bond motifs is 1. The van der Waals surface area contributed by atoms with E-state index in [0.29, 0.717) is 9.99 Å². The summed E-state index contributed by atoms with van der Waals surface area (Å²) in [5.41, 5.74) is 0.454. The molecule has 8 heteroatoms. The third-order valence-corrected chi connectivity index (χ3v) is 4.77. The molecular formula is C11H7BrF3NO2Se. The van der Waals surface area contributed by atoms with E-state index in [9.17, 15) is 18.0 Å². The van der Waals surface area contributed by atoms with Crippen LogP contribution in [0.3, 0.4) is 0 Å². The number of hydrogen-bond acceptors (Lipinski definition) is 2. The van der Waals surface area contributed by atoms with Gasteiger partial charge in [-0.15, -0.1) is 0 Å². The van der Waals surface area contributed by atoms with Gasteiger partial charge in [-0.25, -0.2) is 0 Å². The van der Waals surface area contributed by atoms with Crippen molar-refractivity contribution in [3.63, 3.8) is 0 Å². The Hall–Kier alpha value is -0.981. The molecule has 0 radical (unpaired) electrons. The van der Waals surface area contributed by atoms with Crippen LogP contribution in [-0.4, -0.2) is 37.5 Å². The SMILES string of the molecule is COC(=O)c1cc2c(Br)cccn2c1[Se]C(F)(F)F. The quantitative estimate of drug-likeness (QED) is 0.572. The molecule has 2 aromatic rings. The van der Waals surface area contributed by atoms with Gasteiger partial charge in [0.2, 0.25) is 0 Å². The summed E-state index contributed by atoms with van der Waals surface area (Å²) < 4.78 is 44.4. The molecule has 3 nitrogen and oxygen atoms in total. The van der Waals surface area contributed by atoms with Crippen LogP contribution >= 0.6 is 15.9 Å². The fourth-order valence-electron chi connectivity index (χ4n) is 1.61. The zero-order valence-corrected chi connectivity index (χ0v) is 12.8. The van der Waals surface area contributed by atoms with Crippen molar-refractivity contribution in [2.75, 3.05) is 7.11 Å². The normalized spacial score (nSPS) is 11.8.